The average molecular weight is 547 g/mol. The summed E-state index contributed by atoms with van der Waals surface area (Å²) in [5, 5.41) is 18.0. The number of piperazine rings is 1. The summed E-state index contributed by atoms with van der Waals surface area (Å²) in [5.74, 6) is -1.10. The number of nitro benzene ring substituents is 1. The van der Waals surface area contributed by atoms with Gasteiger partial charge in [-0.15, -0.1) is 0 Å². The van der Waals surface area contributed by atoms with Crippen LogP contribution in [-0.4, -0.2) is 71.5 Å². The van der Waals surface area contributed by atoms with Crippen molar-refractivity contribution in [3.05, 3.63) is 51.2 Å². The van der Waals surface area contributed by atoms with Crippen LogP contribution in [0.2, 0.25) is 5.28 Å². The van der Waals surface area contributed by atoms with Crippen molar-refractivity contribution in [3.8, 4) is 0 Å². The molecule has 1 aromatic carbocycles. The number of carbonyl (C=O) groups excluding carboxylic acids is 1. The lowest BCUT2D eigenvalue weighted by Crippen LogP contribution is -2.47. The molecular weight excluding hydrogens is 515 g/mol. The van der Waals surface area contributed by atoms with Gasteiger partial charge in [0.1, 0.15) is 0 Å². The minimum absolute atomic E-state index is 0.0334. The highest BCUT2D eigenvalue weighted by Crippen LogP contribution is 2.52. The van der Waals surface area contributed by atoms with Crippen LogP contribution in [0.25, 0.3) is 0 Å². The van der Waals surface area contributed by atoms with Crippen molar-refractivity contribution >= 4 is 34.7 Å². The zero-order valence-corrected chi connectivity index (χ0v) is 21.9. The van der Waals surface area contributed by atoms with Crippen LogP contribution in [0.15, 0.2) is 24.4 Å². The smallest absolute Gasteiger partial charge is 0.269 e. The quantitative estimate of drug-likeness (QED) is 0.245. The van der Waals surface area contributed by atoms with E-state index in [4.69, 9.17) is 17.3 Å². The molecule has 2 saturated carbocycles. The predicted octanol–water partition coefficient (Wildman–Crippen LogP) is 2.26. The zero-order valence-electron chi connectivity index (χ0n) is 21.1. The maximum atomic E-state index is 14.4. The molecule has 4 N–H and O–H groups in total. The average Bonchev–Trinajstić information content (AvgIpc) is 3.45. The third-order valence-corrected chi connectivity index (χ3v) is 8.51. The first-order valence-corrected chi connectivity index (χ1v) is 13.2. The molecule has 5 atom stereocenters. The third kappa shape index (κ3) is 5.38. The number of primary amides is 1. The number of anilines is 2. The zero-order chi connectivity index (χ0) is 27.0. The number of nitrogens with two attached hydrogens (primary N) is 1. The van der Waals surface area contributed by atoms with E-state index in [9.17, 15) is 19.3 Å². The van der Waals surface area contributed by atoms with Crippen LogP contribution >= 0.6 is 11.6 Å². The van der Waals surface area contributed by atoms with Crippen LogP contribution in [0.1, 0.15) is 18.4 Å². The second-order valence-electron chi connectivity index (χ2n) is 10.6. The molecule has 3 aliphatic rings. The Balaban J connectivity index is 1.28. The van der Waals surface area contributed by atoms with E-state index in [-0.39, 0.29) is 45.5 Å². The molecule has 0 spiro atoms. The number of likely N-dealkylation sites (N-methyl/N-ethyl adjacent to an activating group) is 1. The Hall–Kier alpha value is -3.09. The Labute approximate surface area is 225 Å². The highest BCUT2D eigenvalue weighted by molar-refractivity contribution is 6.28. The van der Waals surface area contributed by atoms with Crippen molar-refractivity contribution in [3.63, 3.8) is 0 Å². The predicted molar refractivity (Wildman–Crippen MR) is 141 cm³/mol. The molecule has 1 saturated heterocycles. The van der Waals surface area contributed by atoms with Crippen LogP contribution in [0.4, 0.5) is 21.6 Å². The summed E-state index contributed by atoms with van der Waals surface area (Å²) in [5.41, 5.74) is 7.70. The van der Waals surface area contributed by atoms with Gasteiger partial charge >= 0.3 is 0 Å². The minimum Gasteiger partial charge on any atom is -0.369 e. The van der Waals surface area contributed by atoms with Gasteiger partial charge in [-0.25, -0.2) is 9.37 Å². The Kier molecular flexibility index (Phi) is 7.64. The standard InChI is InChI=1S/C25H32ClFN8O3/c1-33-4-6-34(7-5-33)20-3-2-17(35(37)38)9-16(20)12-29-11-15-8-14-10-18(15)22(21(14)23(28)36)31-24-19(27)13-30-25(26)32-24/h2-3,9,13-15,18,21-22,29H,4-8,10-12H2,1H3,(H2,28,36)(H,30,31,32)/t14-,15-,18+,21-,22+/m0/s1. The van der Waals surface area contributed by atoms with Gasteiger partial charge in [0, 0.05) is 56.6 Å². The molecule has 2 heterocycles. The molecule has 38 heavy (non-hydrogen) atoms. The molecule has 11 nitrogen and oxygen atoms in total. The summed E-state index contributed by atoms with van der Waals surface area (Å²) in [7, 11) is 2.09. The van der Waals surface area contributed by atoms with Crippen LogP contribution in [0, 0.1) is 39.6 Å². The lowest BCUT2D eigenvalue weighted by atomic mass is 9.77. The van der Waals surface area contributed by atoms with Gasteiger partial charge in [0.05, 0.1) is 17.0 Å². The molecule has 3 fully saturated rings. The Morgan fingerprint density at radius 1 is 1.29 bits per heavy atom. The van der Waals surface area contributed by atoms with Crippen LogP contribution < -0.4 is 21.3 Å². The fourth-order valence-electron chi connectivity index (χ4n) is 6.52. The van der Waals surface area contributed by atoms with Gasteiger partial charge in [-0.05, 0) is 67.4 Å². The number of rotatable bonds is 9. The van der Waals surface area contributed by atoms with Crippen molar-refractivity contribution in [1.82, 2.24) is 20.2 Å². The van der Waals surface area contributed by atoms with Gasteiger partial charge in [-0.1, -0.05) is 0 Å². The van der Waals surface area contributed by atoms with E-state index < -0.39 is 17.6 Å². The van der Waals surface area contributed by atoms with Gasteiger partial charge in [-0.2, -0.15) is 4.98 Å². The van der Waals surface area contributed by atoms with Gasteiger partial charge in [0.2, 0.25) is 11.2 Å². The molecule has 1 aliphatic heterocycles. The molecule has 1 amide bonds. The van der Waals surface area contributed by atoms with Crippen LogP contribution in [0.5, 0.6) is 0 Å². The van der Waals surface area contributed by atoms with E-state index in [2.05, 4.69) is 37.4 Å². The normalized spacial score (nSPS) is 27.0. The first kappa shape index (κ1) is 26.5. The molecule has 2 aromatic rings. The molecule has 204 valence electrons. The minimum atomic E-state index is -0.642. The summed E-state index contributed by atoms with van der Waals surface area (Å²) in [6, 6.07) is 4.69. The summed E-state index contributed by atoms with van der Waals surface area (Å²) in [4.78, 5) is 35.5. The van der Waals surface area contributed by atoms with Crippen LogP contribution in [-0.2, 0) is 11.3 Å². The van der Waals surface area contributed by atoms with E-state index in [0.717, 1.165) is 56.5 Å². The van der Waals surface area contributed by atoms with Crippen molar-refractivity contribution in [1.29, 1.82) is 0 Å². The van der Waals surface area contributed by atoms with Crippen molar-refractivity contribution < 1.29 is 14.1 Å². The number of amides is 1. The number of benzene rings is 1. The highest BCUT2D eigenvalue weighted by Gasteiger charge is 2.54. The Morgan fingerprint density at radius 2 is 2.05 bits per heavy atom. The topological polar surface area (TPSA) is 143 Å². The van der Waals surface area contributed by atoms with E-state index >= 15 is 0 Å². The van der Waals surface area contributed by atoms with Gasteiger partial charge in [0.15, 0.2) is 11.6 Å². The molecule has 1 aromatic heterocycles. The van der Waals surface area contributed by atoms with E-state index in [1.807, 2.05) is 6.07 Å². The molecule has 0 radical (unpaired) electrons. The second kappa shape index (κ2) is 11.0. The number of halogens is 2. The van der Waals surface area contributed by atoms with Crippen molar-refractivity contribution in [2.45, 2.75) is 25.4 Å². The molecule has 13 heteroatoms. The number of hydrogen-bond donors (Lipinski definition) is 3. The largest absolute Gasteiger partial charge is 0.369 e. The number of nitro groups is 1. The fourth-order valence-corrected chi connectivity index (χ4v) is 6.65. The van der Waals surface area contributed by atoms with E-state index in [1.54, 1.807) is 12.1 Å². The number of non-ortho nitro benzene ring substituents is 1. The molecule has 5 rings (SSSR count). The monoisotopic (exact) mass is 546 g/mol. The summed E-state index contributed by atoms with van der Waals surface area (Å²) in [6.07, 6.45) is 2.64. The second-order valence-corrected chi connectivity index (χ2v) is 10.9. The van der Waals surface area contributed by atoms with Crippen molar-refractivity contribution in [2.75, 3.05) is 50.0 Å². The lowest BCUT2D eigenvalue weighted by Gasteiger charge is -2.36. The lowest BCUT2D eigenvalue weighted by molar-refractivity contribution is -0.384. The maximum Gasteiger partial charge on any atom is 0.269 e. The Bertz CT molecular complexity index is 1210. The SMILES string of the molecule is CN1CCN(c2ccc([N+](=O)[O-])cc2CNC[C@@H]2C[C@H]3C[C@H]2[C@@H](Nc2nc(Cl)ncc2F)[C@H]3C(N)=O)CC1. The number of nitrogens with one attached hydrogen (secondary N) is 2. The molecular formula is C25H32ClFN8O3. The first-order valence-electron chi connectivity index (χ1n) is 12.9. The number of carbonyl (C=O) groups is 1. The van der Waals surface area contributed by atoms with Crippen molar-refractivity contribution in [2.24, 2.45) is 29.4 Å². The molecule has 2 aliphatic carbocycles. The molecule has 0 unspecified atom stereocenters. The van der Waals surface area contributed by atoms with Gasteiger partial charge in [-0.3, -0.25) is 14.9 Å². The van der Waals surface area contributed by atoms with Crippen LogP contribution in [0.3, 0.4) is 0 Å². The fraction of sp³-hybridized carbons (Fsp3) is 0.560. The summed E-state index contributed by atoms with van der Waals surface area (Å²) >= 11 is 5.86. The number of aromatic nitrogens is 2. The summed E-state index contributed by atoms with van der Waals surface area (Å²) < 4.78 is 14.4. The highest BCUT2D eigenvalue weighted by atomic mass is 35.5. The first-order chi connectivity index (χ1) is 18.2. The van der Waals surface area contributed by atoms with Gasteiger partial charge in [0.25, 0.3) is 5.69 Å². The van der Waals surface area contributed by atoms with Gasteiger partial charge < -0.3 is 26.2 Å². The Morgan fingerprint density at radius 3 is 2.76 bits per heavy atom. The van der Waals surface area contributed by atoms with E-state index in [0.29, 0.717) is 13.1 Å². The third-order valence-electron chi connectivity index (χ3n) is 8.33. The summed E-state index contributed by atoms with van der Waals surface area (Å²) in [6.45, 7) is 4.72. The number of hydrogen-bond acceptors (Lipinski definition) is 9. The number of fused-ring (bicyclic) bond motifs is 2. The maximum absolute atomic E-state index is 14.4. The molecule has 2 bridgehead atoms. The van der Waals surface area contributed by atoms with E-state index in [1.165, 1.54) is 0 Å². The number of nitrogens with zero attached hydrogens (tertiary/aromatic N) is 5.